The van der Waals surface area contributed by atoms with E-state index in [9.17, 15) is 0 Å². The van der Waals surface area contributed by atoms with E-state index in [1.165, 1.54) is 0 Å². The Kier molecular flexibility index (Phi) is 8.26. The van der Waals surface area contributed by atoms with E-state index in [0.29, 0.717) is 18.0 Å². The largest absolute Gasteiger partial charge is 0.493 e. The van der Waals surface area contributed by atoms with E-state index in [4.69, 9.17) is 14.2 Å². The molecule has 0 aliphatic carbocycles. The highest BCUT2D eigenvalue weighted by molar-refractivity contribution is 14.1. The number of hydrogen-bond acceptors (Lipinski definition) is 5. The van der Waals surface area contributed by atoms with Gasteiger partial charge in [-0.2, -0.15) is 5.10 Å². The summed E-state index contributed by atoms with van der Waals surface area (Å²) in [7, 11) is 3.25. The predicted octanol–water partition coefficient (Wildman–Crippen LogP) is 4.82. The minimum absolute atomic E-state index is 0.153. The smallest absolute Gasteiger partial charge is 0.161 e. The highest BCUT2D eigenvalue weighted by atomic mass is 127. The minimum Gasteiger partial charge on any atom is -0.493 e. The molecule has 2 rings (SSSR count). The van der Waals surface area contributed by atoms with Gasteiger partial charge in [0.2, 0.25) is 0 Å². The number of ether oxygens (including phenoxy) is 3. The van der Waals surface area contributed by atoms with Crippen LogP contribution in [0.2, 0.25) is 0 Å². The van der Waals surface area contributed by atoms with Crippen molar-refractivity contribution < 1.29 is 14.2 Å². The van der Waals surface area contributed by atoms with Gasteiger partial charge in [-0.1, -0.05) is 6.07 Å². The molecule has 0 spiro atoms. The highest BCUT2D eigenvalue weighted by Crippen LogP contribution is 2.29. The summed E-state index contributed by atoms with van der Waals surface area (Å²) < 4.78 is 18.6. The summed E-state index contributed by atoms with van der Waals surface area (Å²) in [6.07, 6.45) is 1.96. The summed E-state index contributed by atoms with van der Waals surface area (Å²) in [5, 5.41) is 4.31. The predicted molar refractivity (Wildman–Crippen MR) is 122 cm³/mol. The quantitative estimate of drug-likeness (QED) is 0.277. The summed E-state index contributed by atoms with van der Waals surface area (Å²) in [4.78, 5) is 0. The van der Waals surface area contributed by atoms with Crippen LogP contribution in [-0.4, -0.2) is 26.5 Å². The Labute approximate surface area is 181 Å². The molecule has 7 heteroatoms. The van der Waals surface area contributed by atoms with Gasteiger partial charge in [0, 0.05) is 0 Å². The van der Waals surface area contributed by atoms with Gasteiger partial charge in [-0.25, -0.2) is 0 Å². The molecule has 140 valence electrons. The van der Waals surface area contributed by atoms with Crippen molar-refractivity contribution in [1.82, 2.24) is 5.43 Å². The second-order valence-corrected chi connectivity index (χ2v) is 8.09. The molecule has 0 unspecified atom stereocenters. The van der Waals surface area contributed by atoms with Crippen LogP contribution in [0.4, 0.5) is 0 Å². The van der Waals surface area contributed by atoms with Crippen molar-refractivity contribution in [2.75, 3.05) is 14.2 Å². The molecule has 0 radical (unpaired) electrons. The average molecular weight is 580 g/mol. The zero-order valence-electron chi connectivity index (χ0n) is 15.2. The number of benzene rings is 2. The van der Waals surface area contributed by atoms with Gasteiger partial charge in [0.15, 0.2) is 11.5 Å². The minimum atomic E-state index is 0.153. The van der Waals surface area contributed by atoms with Gasteiger partial charge in [-0.15, -0.1) is 0 Å². The number of nitrogens with zero attached hydrogens (tertiary/aromatic N) is 1. The van der Waals surface area contributed by atoms with Crippen LogP contribution in [0.3, 0.4) is 0 Å². The van der Waals surface area contributed by atoms with Crippen molar-refractivity contribution >= 4 is 51.4 Å². The van der Waals surface area contributed by atoms with E-state index in [-0.39, 0.29) is 6.10 Å². The molecule has 2 aromatic carbocycles. The van der Waals surface area contributed by atoms with Crippen LogP contribution in [0.1, 0.15) is 25.0 Å². The van der Waals surface area contributed by atoms with Crippen LogP contribution in [0.5, 0.6) is 17.2 Å². The normalized spacial score (nSPS) is 11.0. The summed E-state index contributed by atoms with van der Waals surface area (Å²) >= 11 is 4.58. The van der Waals surface area contributed by atoms with Crippen molar-refractivity contribution in [3.05, 3.63) is 48.6 Å². The SMILES string of the molecule is COc1ccc(CN/N=C\c2cc(I)c(OC(C)C)c(I)c2)cc1OC. The molecule has 0 aliphatic heterocycles. The highest BCUT2D eigenvalue weighted by Gasteiger charge is 2.10. The van der Waals surface area contributed by atoms with Gasteiger partial charge in [0.1, 0.15) is 5.75 Å². The van der Waals surface area contributed by atoms with Gasteiger partial charge in [-0.3, -0.25) is 0 Å². The van der Waals surface area contributed by atoms with Crippen molar-refractivity contribution in [3.63, 3.8) is 0 Å². The van der Waals surface area contributed by atoms with Crippen LogP contribution in [0.25, 0.3) is 0 Å². The Morgan fingerprint density at radius 1 is 1.04 bits per heavy atom. The molecular weight excluding hydrogens is 558 g/mol. The molecule has 0 atom stereocenters. The lowest BCUT2D eigenvalue weighted by atomic mass is 10.2. The number of methoxy groups -OCH3 is 2. The van der Waals surface area contributed by atoms with Gasteiger partial charge < -0.3 is 19.6 Å². The van der Waals surface area contributed by atoms with E-state index in [1.54, 1.807) is 14.2 Å². The maximum atomic E-state index is 5.86. The summed E-state index contributed by atoms with van der Waals surface area (Å²) in [6.45, 7) is 4.65. The number of nitrogens with one attached hydrogen (secondary N) is 1. The third-order valence-electron chi connectivity index (χ3n) is 3.41. The molecule has 0 saturated carbocycles. The lowest BCUT2D eigenvalue weighted by molar-refractivity contribution is 0.239. The Hall–Kier alpha value is -1.23. The topological polar surface area (TPSA) is 52.1 Å². The molecule has 0 aromatic heterocycles. The van der Waals surface area contributed by atoms with Crippen molar-refractivity contribution in [2.45, 2.75) is 26.5 Å². The molecule has 1 N–H and O–H groups in total. The Balaban J connectivity index is 2.00. The third kappa shape index (κ3) is 5.90. The van der Waals surface area contributed by atoms with Crippen molar-refractivity contribution in [2.24, 2.45) is 5.10 Å². The molecule has 0 bridgehead atoms. The summed E-state index contributed by atoms with van der Waals surface area (Å²) in [5.41, 5.74) is 5.14. The first-order valence-corrected chi connectivity index (χ1v) is 10.2. The maximum Gasteiger partial charge on any atom is 0.161 e. The fourth-order valence-corrected chi connectivity index (χ4v) is 4.32. The number of hydrogen-bond donors (Lipinski definition) is 1. The second-order valence-electron chi connectivity index (χ2n) is 5.76. The van der Waals surface area contributed by atoms with E-state index in [1.807, 2.05) is 38.3 Å². The molecule has 2 aromatic rings. The summed E-state index contributed by atoms with van der Waals surface area (Å²) in [6, 6.07) is 9.92. The molecule has 5 nitrogen and oxygen atoms in total. The number of hydrazone groups is 1. The molecule has 0 heterocycles. The van der Waals surface area contributed by atoms with Gasteiger partial charge in [0.25, 0.3) is 0 Å². The first-order chi connectivity index (χ1) is 12.4. The van der Waals surface area contributed by atoms with Crippen molar-refractivity contribution in [3.8, 4) is 17.2 Å². The van der Waals surface area contributed by atoms with Crippen LogP contribution in [0, 0.1) is 7.14 Å². The lowest BCUT2D eigenvalue weighted by Gasteiger charge is -2.14. The van der Waals surface area contributed by atoms with Crippen LogP contribution in [-0.2, 0) is 6.54 Å². The van der Waals surface area contributed by atoms with E-state index >= 15 is 0 Å². The number of halogens is 2. The zero-order valence-corrected chi connectivity index (χ0v) is 19.5. The number of rotatable bonds is 8. The molecule has 0 fully saturated rings. The molecule has 26 heavy (non-hydrogen) atoms. The molecular formula is C19H22I2N2O3. The Bertz CT molecular complexity index is 756. The molecule has 0 saturated heterocycles. The zero-order chi connectivity index (χ0) is 19.1. The van der Waals surface area contributed by atoms with E-state index in [2.05, 4.69) is 67.8 Å². The first kappa shape index (κ1) is 21.1. The lowest BCUT2D eigenvalue weighted by Crippen LogP contribution is -2.09. The van der Waals surface area contributed by atoms with Gasteiger partial charge >= 0.3 is 0 Å². The average Bonchev–Trinajstić information content (AvgIpc) is 2.61. The third-order valence-corrected chi connectivity index (χ3v) is 5.01. The molecule has 0 amide bonds. The van der Waals surface area contributed by atoms with Crippen molar-refractivity contribution in [1.29, 1.82) is 0 Å². The fraction of sp³-hybridized carbons (Fsp3) is 0.316. The van der Waals surface area contributed by atoms with Crippen LogP contribution < -0.4 is 19.6 Å². The van der Waals surface area contributed by atoms with Crippen LogP contribution >= 0.6 is 45.2 Å². The standard InChI is InChI=1S/C19H22I2N2O3/c1-12(2)26-19-15(20)7-14(8-16(19)21)11-23-22-10-13-5-6-17(24-3)18(9-13)25-4/h5-9,11-12,22H,10H2,1-4H3/b23-11-. The van der Waals surface area contributed by atoms with Gasteiger partial charge in [-0.05, 0) is 94.4 Å². The molecule has 0 aliphatic rings. The van der Waals surface area contributed by atoms with E-state index in [0.717, 1.165) is 24.0 Å². The summed E-state index contributed by atoms with van der Waals surface area (Å²) in [5.74, 6) is 2.35. The first-order valence-electron chi connectivity index (χ1n) is 8.07. The maximum absolute atomic E-state index is 5.86. The monoisotopic (exact) mass is 580 g/mol. The van der Waals surface area contributed by atoms with Crippen LogP contribution in [0.15, 0.2) is 35.4 Å². The van der Waals surface area contributed by atoms with Gasteiger partial charge in [0.05, 0.1) is 40.2 Å². The Morgan fingerprint density at radius 3 is 2.27 bits per heavy atom. The Morgan fingerprint density at radius 2 is 1.69 bits per heavy atom. The van der Waals surface area contributed by atoms with E-state index < -0.39 is 0 Å². The fourth-order valence-electron chi connectivity index (χ4n) is 2.25. The second kappa shape index (κ2) is 10.2.